The Labute approximate surface area is 217 Å². The summed E-state index contributed by atoms with van der Waals surface area (Å²) in [6.07, 6.45) is 11.8. The van der Waals surface area contributed by atoms with E-state index in [0.717, 1.165) is 24.2 Å². The van der Waals surface area contributed by atoms with Gasteiger partial charge in [-0.05, 0) is 71.2 Å². The third-order valence-electron chi connectivity index (χ3n) is 7.34. The van der Waals surface area contributed by atoms with E-state index in [1.165, 1.54) is 29.4 Å². The third kappa shape index (κ3) is 4.26. The van der Waals surface area contributed by atoms with Crippen LogP contribution in [0.4, 0.5) is 4.39 Å². The Bertz CT molecular complexity index is 1550. The molecule has 4 heterocycles. The number of amides is 1. The number of benzene rings is 1. The molecule has 3 aliphatic rings. The van der Waals surface area contributed by atoms with Crippen molar-refractivity contribution in [3.63, 3.8) is 0 Å². The Balaban J connectivity index is 1.07. The predicted molar refractivity (Wildman–Crippen MR) is 135 cm³/mol. The van der Waals surface area contributed by atoms with E-state index < -0.39 is 0 Å². The van der Waals surface area contributed by atoms with Gasteiger partial charge in [0.15, 0.2) is 0 Å². The third-order valence-corrected chi connectivity index (χ3v) is 7.34. The highest BCUT2D eigenvalue weighted by Gasteiger charge is 2.30. The first-order chi connectivity index (χ1) is 18.5. The highest BCUT2D eigenvalue weighted by atomic mass is 19.1. The van der Waals surface area contributed by atoms with Crippen molar-refractivity contribution in [1.82, 2.24) is 50.5 Å². The molecule has 0 spiro atoms. The fourth-order valence-electron chi connectivity index (χ4n) is 5.02. The molecule has 2 saturated carbocycles. The first-order valence-corrected chi connectivity index (χ1v) is 12.8. The van der Waals surface area contributed by atoms with Crippen LogP contribution in [-0.2, 0) is 17.9 Å². The van der Waals surface area contributed by atoms with Crippen LogP contribution in [0.3, 0.4) is 0 Å². The van der Waals surface area contributed by atoms with Crippen molar-refractivity contribution in [2.75, 3.05) is 7.05 Å². The number of nitrogens with zero attached hydrogens (tertiary/aromatic N) is 8. The van der Waals surface area contributed by atoms with Crippen molar-refractivity contribution >= 4 is 11.6 Å². The van der Waals surface area contributed by atoms with E-state index in [2.05, 4.69) is 49.1 Å². The van der Waals surface area contributed by atoms with Gasteiger partial charge in [-0.1, -0.05) is 12.1 Å². The number of likely N-dealkylation sites (N-methyl/N-ethyl adjacent to an activating group) is 1. The first kappa shape index (κ1) is 22.8. The predicted octanol–water partition coefficient (Wildman–Crippen LogP) is 2.53. The average Bonchev–Trinajstić information content (AvgIpc) is 3.81. The summed E-state index contributed by atoms with van der Waals surface area (Å²) in [6.45, 7) is 0.477. The first-order valence-electron chi connectivity index (χ1n) is 12.8. The Morgan fingerprint density at radius 1 is 1.13 bits per heavy atom. The molecule has 1 amide bonds. The zero-order valence-corrected chi connectivity index (χ0v) is 20.9. The highest BCUT2D eigenvalue weighted by Crippen LogP contribution is 2.42. The molecule has 0 bridgehead atoms. The van der Waals surface area contributed by atoms with Crippen molar-refractivity contribution in [3.8, 4) is 5.69 Å². The van der Waals surface area contributed by atoms with Crippen LogP contribution in [0.5, 0.6) is 0 Å². The lowest BCUT2D eigenvalue weighted by atomic mass is 10.0. The summed E-state index contributed by atoms with van der Waals surface area (Å²) in [7, 11) is 1.76. The van der Waals surface area contributed by atoms with Gasteiger partial charge in [0.2, 0.25) is 0 Å². The highest BCUT2D eigenvalue weighted by molar-refractivity contribution is 5.92. The summed E-state index contributed by atoms with van der Waals surface area (Å²) in [4.78, 5) is 17.9. The van der Waals surface area contributed by atoms with Crippen molar-refractivity contribution in [2.45, 2.75) is 50.6 Å². The molecule has 0 saturated heterocycles. The van der Waals surface area contributed by atoms with Crippen LogP contribution in [0.15, 0.2) is 54.9 Å². The molecule has 4 aromatic rings. The minimum atomic E-state index is -0.328. The zero-order valence-electron chi connectivity index (χ0n) is 20.9. The molecule has 2 N–H and O–H groups in total. The normalized spacial score (nSPS) is 17.4. The van der Waals surface area contributed by atoms with E-state index in [-0.39, 0.29) is 24.2 Å². The van der Waals surface area contributed by atoms with Crippen LogP contribution in [0, 0.1) is 5.82 Å². The molecular weight excluding hydrogens is 487 g/mol. The summed E-state index contributed by atoms with van der Waals surface area (Å²) in [5.74, 6) is 0.266. The van der Waals surface area contributed by atoms with Crippen LogP contribution < -0.4 is 10.9 Å². The maximum absolute atomic E-state index is 15.5. The molecule has 2 aliphatic carbocycles. The zero-order chi connectivity index (χ0) is 25.8. The lowest BCUT2D eigenvalue weighted by Crippen LogP contribution is -2.40. The van der Waals surface area contributed by atoms with Crippen LogP contribution in [0.25, 0.3) is 11.3 Å². The number of tetrazole rings is 1. The van der Waals surface area contributed by atoms with Gasteiger partial charge >= 0.3 is 0 Å². The minimum Gasteiger partial charge on any atom is -0.346 e. The Morgan fingerprint density at radius 3 is 2.74 bits per heavy atom. The molecular formula is C26H27FN10O. The van der Waals surface area contributed by atoms with Gasteiger partial charge in [-0.2, -0.15) is 0 Å². The summed E-state index contributed by atoms with van der Waals surface area (Å²) in [5.41, 5.74) is 8.22. The number of carbonyl (C=O) groups is 1. The van der Waals surface area contributed by atoms with Gasteiger partial charge in [-0.25, -0.2) is 14.1 Å². The van der Waals surface area contributed by atoms with E-state index in [0.29, 0.717) is 35.0 Å². The van der Waals surface area contributed by atoms with Crippen molar-refractivity contribution < 1.29 is 9.18 Å². The molecule has 3 aromatic heterocycles. The number of halogens is 1. The fraction of sp³-hybridized carbons (Fsp3) is 0.346. The van der Waals surface area contributed by atoms with E-state index in [1.807, 2.05) is 6.20 Å². The Kier molecular flexibility index (Phi) is 5.36. The largest absolute Gasteiger partial charge is 0.346 e. The standard InChI is InChI=1S/C26H27FN10O/c1-34-23(14-36(33-34)13-19-12-35-11-18(16-2-3-16)6-9-24(35)30-19)26(38)28-10-21-22(37-15-29-31-32-37)8-7-20(25(21)27)17-4-5-17/h6-9,11-12,14-17,33H,2-5,10,13H2,1H3,(H,28,38). The van der Waals surface area contributed by atoms with Gasteiger partial charge in [-0.3, -0.25) is 14.8 Å². The van der Waals surface area contributed by atoms with Gasteiger partial charge in [0.25, 0.3) is 5.91 Å². The second-order valence-corrected chi connectivity index (χ2v) is 10.2. The van der Waals surface area contributed by atoms with E-state index in [9.17, 15) is 4.79 Å². The van der Waals surface area contributed by atoms with Crippen molar-refractivity contribution in [3.05, 3.63) is 83.1 Å². The number of rotatable bonds is 8. The van der Waals surface area contributed by atoms with Crippen LogP contribution in [0.2, 0.25) is 0 Å². The molecule has 0 unspecified atom stereocenters. The van der Waals surface area contributed by atoms with Crippen LogP contribution in [0.1, 0.15) is 59.9 Å². The van der Waals surface area contributed by atoms with E-state index >= 15 is 4.39 Å². The van der Waals surface area contributed by atoms with Crippen molar-refractivity contribution in [2.24, 2.45) is 0 Å². The molecule has 1 aromatic carbocycles. The van der Waals surface area contributed by atoms with Gasteiger partial charge in [0, 0.05) is 37.7 Å². The number of hydrogen-bond acceptors (Lipinski definition) is 8. The monoisotopic (exact) mass is 514 g/mol. The minimum absolute atomic E-state index is 0.00135. The second-order valence-electron chi connectivity index (χ2n) is 10.2. The van der Waals surface area contributed by atoms with Gasteiger partial charge < -0.3 is 9.72 Å². The fourth-order valence-corrected chi connectivity index (χ4v) is 5.02. The van der Waals surface area contributed by atoms with E-state index in [1.54, 1.807) is 35.4 Å². The number of imidazole rings is 1. The van der Waals surface area contributed by atoms with Gasteiger partial charge in [-0.15, -0.1) is 10.6 Å². The van der Waals surface area contributed by atoms with Crippen molar-refractivity contribution in [1.29, 1.82) is 0 Å². The molecule has 7 rings (SSSR count). The van der Waals surface area contributed by atoms with Crippen LogP contribution >= 0.6 is 0 Å². The SMILES string of the molecule is CN1NN(Cc2cn3cc(C4CC4)ccc3n2)C=C1C(=O)NCc1c(-n2cnnn2)ccc(C2CC2)c1F. The molecule has 12 heteroatoms. The smallest absolute Gasteiger partial charge is 0.270 e. The number of carbonyl (C=O) groups excluding carboxylic acids is 1. The number of hydrazine groups is 2. The number of hydrogen-bond donors (Lipinski definition) is 2. The number of aromatic nitrogens is 6. The second kappa shape index (κ2) is 8.91. The van der Waals surface area contributed by atoms with Gasteiger partial charge in [0.1, 0.15) is 23.5 Å². The molecule has 194 valence electrons. The van der Waals surface area contributed by atoms with Crippen LogP contribution in [-0.4, -0.2) is 52.6 Å². The average molecular weight is 515 g/mol. The Hall–Kier alpha value is -4.32. The quantitative estimate of drug-likeness (QED) is 0.369. The maximum atomic E-state index is 15.5. The molecule has 11 nitrogen and oxygen atoms in total. The summed E-state index contributed by atoms with van der Waals surface area (Å²) in [6, 6.07) is 7.80. The maximum Gasteiger partial charge on any atom is 0.270 e. The van der Waals surface area contributed by atoms with E-state index in [4.69, 9.17) is 4.98 Å². The van der Waals surface area contributed by atoms with Gasteiger partial charge in [0.05, 0.1) is 17.9 Å². The number of fused-ring (bicyclic) bond motifs is 1. The summed E-state index contributed by atoms with van der Waals surface area (Å²) >= 11 is 0. The Morgan fingerprint density at radius 2 is 1.97 bits per heavy atom. The summed E-state index contributed by atoms with van der Waals surface area (Å²) < 4.78 is 19.0. The lowest BCUT2D eigenvalue weighted by Gasteiger charge is -2.20. The molecule has 2 fully saturated rings. The summed E-state index contributed by atoms with van der Waals surface area (Å²) in [5, 5.41) is 17.6. The lowest BCUT2D eigenvalue weighted by molar-refractivity contribution is -0.119. The molecule has 38 heavy (non-hydrogen) atoms. The number of nitrogens with one attached hydrogen (secondary N) is 2. The topological polar surface area (TPSA) is 109 Å². The molecule has 0 atom stereocenters. The number of pyridine rings is 1. The molecule has 0 radical (unpaired) electrons. The molecule has 1 aliphatic heterocycles.